The number of hydrogen-bond acceptors (Lipinski definition) is 10. The maximum Gasteiger partial charge on any atom is 0.266 e. The van der Waals surface area contributed by atoms with Gasteiger partial charge in [-0.3, -0.25) is 39.1 Å². The number of ether oxygens (including phenoxy) is 1. The summed E-state index contributed by atoms with van der Waals surface area (Å²) in [4.78, 5) is 68.4. The molecular weight excluding hydrogens is 718 g/mol. The lowest BCUT2D eigenvalue weighted by molar-refractivity contribution is -0.136. The Kier molecular flexibility index (Phi) is 11.3. The number of carbonyl (C=O) groups is 5. The highest BCUT2D eigenvalue weighted by Crippen LogP contribution is 2.34. The van der Waals surface area contributed by atoms with Crippen molar-refractivity contribution in [3.63, 3.8) is 0 Å². The van der Waals surface area contributed by atoms with Crippen LogP contribution in [0.15, 0.2) is 52.6 Å². The number of nitrogens with zero attached hydrogens (tertiary/aromatic N) is 3. The minimum absolute atomic E-state index is 0.0714. The summed E-state index contributed by atoms with van der Waals surface area (Å²) in [6.45, 7) is 4.85. The number of imide groups is 2. The molecule has 51 heavy (non-hydrogen) atoms. The van der Waals surface area contributed by atoms with E-state index in [1.54, 1.807) is 25.2 Å². The standard InChI is InChI=1S/C37H44BrN7O6/c1-40-35(48)33(38)28(17-39)41-26-16-25(19-43(2)20-26)24-8-6-22(7-9-24)18-44-14-12-23(13-15-44)21-51-30-5-3-4-27-32(30)37(50)45(36(27)49)29-10-11-31(46)42-34(29)47/h3-9,17,23,25-26,29,39,41H,10-16,18-21H2,1-2H3,(H,40,48)(H,42,46,47)/b33-28-,39-17?. The summed E-state index contributed by atoms with van der Waals surface area (Å²) in [6.07, 6.45) is 4.12. The molecule has 2 aromatic carbocycles. The van der Waals surface area contributed by atoms with Gasteiger partial charge in [-0.25, -0.2) is 0 Å². The van der Waals surface area contributed by atoms with Gasteiger partial charge < -0.3 is 25.7 Å². The summed E-state index contributed by atoms with van der Waals surface area (Å²) >= 11 is 3.32. The van der Waals surface area contributed by atoms with Crippen LogP contribution in [0.25, 0.3) is 0 Å². The first-order valence-corrected chi connectivity index (χ1v) is 18.2. The van der Waals surface area contributed by atoms with E-state index >= 15 is 0 Å². The van der Waals surface area contributed by atoms with Crippen LogP contribution in [0.2, 0.25) is 0 Å². The molecule has 3 unspecified atom stereocenters. The first kappa shape index (κ1) is 36.4. The van der Waals surface area contributed by atoms with Crippen LogP contribution in [0.1, 0.15) is 69.9 Å². The topological polar surface area (TPSA) is 164 Å². The second-order valence-corrected chi connectivity index (χ2v) is 14.6. The molecule has 6 rings (SSSR count). The Morgan fingerprint density at radius 1 is 1.04 bits per heavy atom. The van der Waals surface area contributed by atoms with Crippen LogP contribution < -0.4 is 20.7 Å². The number of piperidine rings is 3. The maximum atomic E-state index is 13.4. The first-order valence-electron chi connectivity index (χ1n) is 17.4. The van der Waals surface area contributed by atoms with Gasteiger partial charge in [-0.2, -0.15) is 0 Å². The van der Waals surface area contributed by atoms with Crippen molar-refractivity contribution >= 4 is 51.7 Å². The average Bonchev–Trinajstić information content (AvgIpc) is 3.38. The van der Waals surface area contributed by atoms with E-state index in [4.69, 9.17) is 10.1 Å². The normalized spacial score (nSPS) is 23.7. The second-order valence-electron chi connectivity index (χ2n) is 13.8. The van der Waals surface area contributed by atoms with E-state index in [1.807, 2.05) is 0 Å². The van der Waals surface area contributed by atoms with E-state index in [-0.39, 0.29) is 35.9 Å². The van der Waals surface area contributed by atoms with Crippen molar-refractivity contribution in [1.82, 2.24) is 30.7 Å². The van der Waals surface area contributed by atoms with Gasteiger partial charge in [0.1, 0.15) is 16.3 Å². The van der Waals surface area contributed by atoms with Crippen LogP contribution in [0.3, 0.4) is 0 Å². The van der Waals surface area contributed by atoms with Crippen LogP contribution in [-0.4, -0.2) is 109 Å². The van der Waals surface area contributed by atoms with Gasteiger partial charge in [0, 0.05) is 45.4 Å². The van der Waals surface area contributed by atoms with Crippen LogP contribution in [-0.2, 0) is 20.9 Å². The molecule has 14 heteroatoms. The maximum absolute atomic E-state index is 13.4. The number of fused-ring (bicyclic) bond motifs is 1. The van der Waals surface area contributed by atoms with E-state index < -0.39 is 29.7 Å². The molecule has 3 fully saturated rings. The Balaban J connectivity index is 0.992. The fraction of sp³-hybridized carbons (Fsp3) is 0.459. The van der Waals surface area contributed by atoms with Crippen LogP contribution in [0, 0.1) is 11.3 Å². The van der Waals surface area contributed by atoms with Crippen molar-refractivity contribution in [2.24, 2.45) is 5.92 Å². The Morgan fingerprint density at radius 2 is 1.78 bits per heavy atom. The summed E-state index contributed by atoms with van der Waals surface area (Å²) in [5.74, 6) is -1.46. The third-order valence-corrected chi connectivity index (χ3v) is 11.1. The molecule has 5 amide bonds. The number of carbonyl (C=O) groups excluding carboxylic acids is 5. The molecular formula is C37H44BrN7O6. The number of likely N-dealkylation sites (tertiary alicyclic amines) is 2. The van der Waals surface area contributed by atoms with Crippen molar-refractivity contribution in [3.8, 4) is 5.75 Å². The van der Waals surface area contributed by atoms with E-state index in [1.165, 1.54) is 17.3 Å². The van der Waals surface area contributed by atoms with Gasteiger partial charge in [-0.05, 0) is 96.8 Å². The van der Waals surface area contributed by atoms with Crippen LogP contribution in [0.4, 0.5) is 0 Å². The molecule has 0 aromatic heterocycles. The molecule has 3 atom stereocenters. The smallest absolute Gasteiger partial charge is 0.266 e. The number of rotatable bonds is 11. The first-order chi connectivity index (χ1) is 24.6. The SMILES string of the molecule is CNC(=O)/C(Br)=C(\C=N)NC1CC(c2ccc(CN3CCC(COc4cccc5c4C(=O)N(C4CCC(=O)NC4=O)C5=O)CC3)cc2)CN(C)C1. The van der Waals surface area contributed by atoms with Gasteiger partial charge in [-0.1, -0.05) is 30.3 Å². The molecule has 4 N–H and O–H groups in total. The molecule has 0 spiro atoms. The number of hydrogen-bond donors (Lipinski definition) is 4. The summed E-state index contributed by atoms with van der Waals surface area (Å²) in [5, 5.41) is 16.0. The molecule has 4 aliphatic heterocycles. The summed E-state index contributed by atoms with van der Waals surface area (Å²) < 4.78 is 6.49. The van der Waals surface area contributed by atoms with E-state index in [2.05, 4.69) is 73.0 Å². The monoisotopic (exact) mass is 761 g/mol. The third-order valence-electron chi connectivity index (χ3n) is 10.3. The zero-order chi connectivity index (χ0) is 36.2. The molecule has 0 bridgehead atoms. The number of benzene rings is 2. The van der Waals surface area contributed by atoms with Crippen molar-refractivity contribution in [1.29, 1.82) is 5.41 Å². The lowest BCUT2D eigenvalue weighted by Gasteiger charge is -2.37. The molecule has 4 aliphatic rings. The number of halogens is 1. The van der Waals surface area contributed by atoms with Gasteiger partial charge in [0.2, 0.25) is 11.8 Å². The highest BCUT2D eigenvalue weighted by Gasteiger charge is 2.46. The average molecular weight is 763 g/mol. The van der Waals surface area contributed by atoms with Gasteiger partial charge >= 0.3 is 0 Å². The van der Waals surface area contributed by atoms with E-state index in [0.29, 0.717) is 34.4 Å². The van der Waals surface area contributed by atoms with Crippen LogP contribution >= 0.6 is 15.9 Å². The highest BCUT2D eigenvalue weighted by molar-refractivity contribution is 9.12. The number of amides is 5. The van der Waals surface area contributed by atoms with Crippen molar-refractivity contribution in [2.75, 3.05) is 46.9 Å². The minimum atomic E-state index is -1.01. The molecule has 13 nitrogen and oxygen atoms in total. The molecule has 2 aromatic rings. The Labute approximate surface area is 305 Å². The summed E-state index contributed by atoms with van der Waals surface area (Å²) in [7, 11) is 3.66. The number of nitrogens with one attached hydrogen (secondary N) is 4. The Morgan fingerprint density at radius 3 is 2.47 bits per heavy atom. The predicted molar refractivity (Wildman–Crippen MR) is 194 cm³/mol. The lowest BCUT2D eigenvalue weighted by Crippen LogP contribution is -2.54. The number of allylic oxidation sites excluding steroid dienone is 1. The largest absolute Gasteiger partial charge is 0.492 e. The highest BCUT2D eigenvalue weighted by atomic mass is 79.9. The van der Waals surface area contributed by atoms with Crippen molar-refractivity contribution in [3.05, 3.63) is 74.9 Å². The lowest BCUT2D eigenvalue weighted by atomic mass is 9.87. The fourth-order valence-corrected chi connectivity index (χ4v) is 7.99. The zero-order valence-electron chi connectivity index (χ0n) is 28.9. The fourth-order valence-electron chi connectivity index (χ4n) is 7.56. The Hall–Kier alpha value is -4.40. The Bertz CT molecular complexity index is 1740. The minimum Gasteiger partial charge on any atom is -0.492 e. The summed E-state index contributed by atoms with van der Waals surface area (Å²) in [6, 6.07) is 12.9. The van der Waals surface area contributed by atoms with Crippen molar-refractivity contribution in [2.45, 2.75) is 56.7 Å². The molecule has 3 saturated heterocycles. The van der Waals surface area contributed by atoms with Gasteiger partial charge in [0.15, 0.2) is 0 Å². The van der Waals surface area contributed by atoms with Crippen LogP contribution in [0.5, 0.6) is 5.75 Å². The van der Waals surface area contributed by atoms with E-state index in [9.17, 15) is 24.0 Å². The molecule has 0 radical (unpaired) electrons. The van der Waals surface area contributed by atoms with Gasteiger partial charge in [-0.15, -0.1) is 0 Å². The predicted octanol–water partition coefficient (Wildman–Crippen LogP) is 2.76. The molecule has 0 saturated carbocycles. The van der Waals surface area contributed by atoms with E-state index in [0.717, 1.165) is 56.9 Å². The third kappa shape index (κ3) is 8.08. The molecule has 4 heterocycles. The van der Waals surface area contributed by atoms with Gasteiger partial charge in [0.05, 0.1) is 23.4 Å². The quantitative estimate of drug-likeness (QED) is 0.153. The van der Waals surface area contributed by atoms with Gasteiger partial charge in [0.25, 0.3) is 17.7 Å². The summed E-state index contributed by atoms with van der Waals surface area (Å²) in [5.41, 5.74) is 3.38. The zero-order valence-corrected chi connectivity index (χ0v) is 30.5. The number of likely N-dealkylation sites (N-methyl/N-ethyl adjacent to an activating group) is 2. The van der Waals surface area contributed by atoms with Crippen molar-refractivity contribution < 1.29 is 28.7 Å². The second kappa shape index (κ2) is 15.9. The molecule has 0 aliphatic carbocycles. The molecule has 270 valence electrons.